The summed E-state index contributed by atoms with van der Waals surface area (Å²) >= 11 is 0. The highest BCUT2D eigenvalue weighted by Crippen LogP contribution is 2.17. The van der Waals surface area contributed by atoms with Crippen molar-refractivity contribution in [3.05, 3.63) is 72.4 Å². The van der Waals surface area contributed by atoms with Gasteiger partial charge in [0.2, 0.25) is 5.88 Å². The number of aromatic nitrogens is 2. The molecule has 3 aromatic rings. The maximum absolute atomic E-state index is 9.04. The monoisotopic (exact) mass is 371 g/mol. The molecule has 0 saturated heterocycles. The molecule has 0 aliphatic carbocycles. The summed E-state index contributed by atoms with van der Waals surface area (Å²) in [6.07, 6.45) is 1.85. The molecule has 0 saturated carbocycles. The third kappa shape index (κ3) is 7.96. The molecule has 0 spiro atoms. The zero-order valence-corrected chi connectivity index (χ0v) is 17.3. The Morgan fingerprint density at radius 1 is 0.852 bits per heavy atom. The molecule has 1 aromatic heterocycles. The third-order valence-electron chi connectivity index (χ3n) is 3.10. The van der Waals surface area contributed by atoms with Crippen molar-refractivity contribution >= 4 is 5.69 Å². The lowest BCUT2D eigenvalue weighted by Gasteiger charge is -2.08. The Bertz CT molecular complexity index is 712. The van der Waals surface area contributed by atoms with Gasteiger partial charge in [0.25, 0.3) is 0 Å². The maximum atomic E-state index is 9.04. The molecule has 1 heterocycles. The van der Waals surface area contributed by atoms with Gasteiger partial charge >= 0.3 is 0 Å². The summed E-state index contributed by atoms with van der Waals surface area (Å²) in [6, 6.07) is 19.0. The number of hydrogen-bond acceptors (Lipinski definition) is 4. The molecule has 0 amide bonds. The Morgan fingerprint density at radius 3 is 2.07 bits per heavy atom. The van der Waals surface area contributed by atoms with Gasteiger partial charge < -0.3 is 4.74 Å². The lowest BCUT2D eigenvalue weighted by molar-refractivity contribution is 0.290. The Balaban J connectivity index is 0.00000103. The van der Waals surface area contributed by atoms with E-state index in [0.717, 1.165) is 11.3 Å². The van der Waals surface area contributed by atoms with E-state index in [4.69, 9.17) is 9.94 Å². The number of ether oxygens (including phenoxy) is 1. The predicted molar refractivity (Wildman–Crippen MR) is 114 cm³/mol. The van der Waals surface area contributed by atoms with Crippen molar-refractivity contribution in [1.82, 2.24) is 9.78 Å². The number of para-hydroxylation sites is 2. The molecule has 0 unspecified atom stereocenters. The first-order valence-corrected chi connectivity index (χ1v) is 9.59. The average molecular weight is 372 g/mol. The van der Waals surface area contributed by atoms with E-state index in [1.807, 2.05) is 102 Å². The molecular weight excluding hydrogens is 338 g/mol. The van der Waals surface area contributed by atoms with Gasteiger partial charge in [0, 0.05) is 17.8 Å². The van der Waals surface area contributed by atoms with Gasteiger partial charge in [0.1, 0.15) is 6.61 Å². The molecule has 2 aromatic carbocycles. The summed E-state index contributed by atoms with van der Waals surface area (Å²) in [6.45, 7) is 12.3. The van der Waals surface area contributed by atoms with E-state index >= 15 is 0 Å². The van der Waals surface area contributed by atoms with Crippen molar-refractivity contribution in [2.45, 2.75) is 48.1 Å². The zero-order valence-electron chi connectivity index (χ0n) is 17.3. The molecule has 0 fully saturated rings. The van der Waals surface area contributed by atoms with E-state index in [9.17, 15) is 0 Å². The van der Waals surface area contributed by atoms with Crippen LogP contribution in [0.4, 0.5) is 5.69 Å². The quantitative estimate of drug-likeness (QED) is 0.514. The van der Waals surface area contributed by atoms with E-state index in [-0.39, 0.29) is 0 Å². The van der Waals surface area contributed by atoms with Crippen molar-refractivity contribution in [3.8, 4) is 11.6 Å². The first-order chi connectivity index (χ1) is 13.4. The SMILES string of the molecule is CC.CC.CC.ONc1ccccc1COc1ccn(-c2ccccc2)n1. The third-order valence-corrected chi connectivity index (χ3v) is 3.10. The topological polar surface area (TPSA) is 59.3 Å². The Kier molecular flexibility index (Phi) is 13.9. The predicted octanol–water partition coefficient (Wildman–Crippen LogP) is 6.33. The average Bonchev–Trinajstić information content (AvgIpc) is 3.26. The number of nitrogens with zero attached hydrogens (tertiary/aromatic N) is 2. The van der Waals surface area contributed by atoms with Crippen LogP contribution in [0.25, 0.3) is 5.69 Å². The highest BCUT2D eigenvalue weighted by molar-refractivity contribution is 5.48. The van der Waals surface area contributed by atoms with Crippen molar-refractivity contribution < 1.29 is 9.94 Å². The number of nitrogens with one attached hydrogen (secondary N) is 1. The Morgan fingerprint density at radius 2 is 1.44 bits per heavy atom. The fraction of sp³-hybridized carbons (Fsp3) is 0.318. The Hall–Kier alpha value is -2.79. The highest BCUT2D eigenvalue weighted by Gasteiger charge is 2.05. The van der Waals surface area contributed by atoms with Gasteiger partial charge in [-0.05, 0) is 18.2 Å². The minimum Gasteiger partial charge on any atom is -0.472 e. The van der Waals surface area contributed by atoms with E-state index < -0.39 is 0 Å². The molecule has 0 radical (unpaired) electrons. The van der Waals surface area contributed by atoms with Crippen LogP contribution in [0.1, 0.15) is 47.1 Å². The molecule has 5 nitrogen and oxygen atoms in total. The number of benzene rings is 2. The maximum Gasteiger partial charge on any atom is 0.233 e. The van der Waals surface area contributed by atoms with Crippen molar-refractivity contribution in [1.29, 1.82) is 0 Å². The van der Waals surface area contributed by atoms with Crippen LogP contribution in [-0.2, 0) is 6.61 Å². The molecule has 0 atom stereocenters. The second-order valence-corrected chi connectivity index (χ2v) is 4.49. The van der Waals surface area contributed by atoms with Crippen LogP contribution in [0.5, 0.6) is 5.88 Å². The molecule has 2 N–H and O–H groups in total. The summed E-state index contributed by atoms with van der Waals surface area (Å²) in [5, 5.41) is 13.4. The minimum absolute atomic E-state index is 0.329. The van der Waals surface area contributed by atoms with Crippen LogP contribution in [0.15, 0.2) is 66.9 Å². The normalized spacial score (nSPS) is 8.70. The van der Waals surface area contributed by atoms with Crippen molar-refractivity contribution in [3.63, 3.8) is 0 Å². The van der Waals surface area contributed by atoms with Crippen LogP contribution in [-0.4, -0.2) is 15.0 Å². The molecule has 3 rings (SSSR count). The number of anilines is 1. The molecule has 0 bridgehead atoms. The molecule has 0 aliphatic rings. The summed E-state index contributed by atoms with van der Waals surface area (Å²) in [5.74, 6) is 0.534. The van der Waals surface area contributed by atoms with Gasteiger partial charge in [0.15, 0.2) is 0 Å². The number of hydrogen-bond donors (Lipinski definition) is 2. The molecular formula is C22H33N3O2. The lowest BCUT2D eigenvalue weighted by Crippen LogP contribution is -2.01. The van der Waals surface area contributed by atoms with Gasteiger partial charge in [-0.25, -0.2) is 4.68 Å². The summed E-state index contributed by atoms with van der Waals surface area (Å²) in [5.41, 5.74) is 4.61. The van der Waals surface area contributed by atoms with E-state index in [0.29, 0.717) is 18.2 Å². The van der Waals surface area contributed by atoms with Gasteiger partial charge in [0.05, 0.1) is 11.4 Å². The Labute approximate surface area is 163 Å². The van der Waals surface area contributed by atoms with Gasteiger partial charge in [-0.3, -0.25) is 10.7 Å². The summed E-state index contributed by atoms with van der Waals surface area (Å²) < 4.78 is 7.41. The largest absolute Gasteiger partial charge is 0.472 e. The fourth-order valence-electron chi connectivity index (χ4n) is 2.02. The van der Waals surface area contributed by atoms with Gasteiger partial charge in [-0.2, -0.15) is 0 Å². The van der Waals surface area contributed by atoms with Crippen LogP contribution in [0.2, 0.25) is 0 Å². The van der Waals surface area contributed by atoms with E-state index in [1.165, 1.54) is 0 Å². The van der Waals surface area contributed by atoms with Crippen LogP contribution < -0.4 is 10.2 Å². The smallest absolute Gasteiger partial charge is 0.233 e. The first kappa shape index (κ1) is 24.2. The second-order valence-electron chi connectivity index (χ2n) is 4.49. The lowest BCUT2D eigenvalue weighted by atomic mass is 10.2. The van der Waals surface area contributed by atoms with Gasteiger partial charge in [-0.1, -0.05) is 77.9 Å². The number of rotatable bonds is 5. The van der Waals surface area contributed by atoms with E-state index in [2.05, 4.69) is 10.6 Å². The molecule has 27 heavy (non-hydrogen) atoms. The molecule has 0 aliphatic heterocycles. The van der Waals surface area contributed by atoms with Crippen LogP contribution in [0.3, 0.4) is 0 Å². The summed E-state index contributed by atoms with van der Waals surface area (Å²) in [7, 11) is 0. The molecule has 5 heteroatoms. The minimum atomic E-state index is 0.329. The molecule has 148 valence electrons. The van der Waals surface area contributed by atoms with Crippen LogP contribution in [0, 0.1) is 0 Å². The zero-order chi connectivity index (χ0) is 20.5. The van der Waals surface area contributed by atoms with Crippen molar-refractivity contribution in [2.75, 3.05) is 5.48 Å². The highest BCUT2D eigenvalue weighted by atomic mass is 16.5. The second kappa shape index (κ2) is 15.5. The van der Waals surface area contributed by atoms with Crippen LogP contribution >= 0.6 is 0 Å². The standard InChI is InChI=1S/C16H15N3O2.3C2H6/c20-18-15-9-5-4-6-13(15)12-21-16-10-11-19(17-16)14-7-2-1-3-8-14;3*1-2/h1-11,18,20H,12H2;3*1-2H3. The summed E-state index contributed by atoms with van der Waals surface area (Å²) in [4.78, 5) is 0. The van der Waals surface area contributed by atoms with Crippen molar-refractivity contribution in [2.24, 2.45) is 0 Å². The van der Waals surface area contributed by atoms with Gasteiger partial charge in [-0.15, -0.1) is 5.10 Å². The first-order valence-electron chi connectivity index (χ1n) is 9.59. The fourth-order valence-corrected chi connectivity index (χ4v) is 2.02. The van der Waals surface area contributed by atoms with E-state index in [1.54, 1.807) is 10.7 Å².